The molecule has 1 fully saturated rings. The van der Waals surface area contributed by atoms with Crippen LogP contribution in [0.15, 0.2) is 18.2 Å². The first-order chi connectivity index (χ1) is 8.52. The molecule has 0 radical (unpaired) electrons. The topological polar surface area (TPSA) is 115 Å². The van der Waals surface area contributed by atoms with Gasteiger partial charge < -0.3 is 16.4 Å². The third-order valence-electron chi connectivity index (χ3n) is 3.05. The Morgan fingerprint density at radius 3 is 2.72 bits per heavy atom. The zero-order valence-electron chi connectivity index (χ0n) is 9.70. The molecule has 0 saturated carbocycles. The number of nitro benzene ring substituents is 1. The number of hydrogen-bond donors (Lipinski definition) is 2. The van der Waals surface area contributed by atoms with Crippen LogP contribution in [0.1, 0.15) is 6.42 Å². The van der Waals surface area contributed by atoms with Crippen LogP contribution in [0.4, 0.5) is 17.1 Å². The Morgan fingerprint density at radius 2 is 2.22 bits per heavy atom. The molecule has 1 aromatic carbocycles. The first kappa shape index (κ1) is 12.3. The van der Waals surface area contributed by atoms with E-state index in [9.17, 15) is 14.9 Å². The fourth-order valence-electron chi connectivity index (χ4n) is 2.07. The Morgan fingerprint density at radius 1 is 1.50 bits per heavy atom. The number of anilines is 2. The number of nitrogens with two attached hydrogens (primary N) is 2. The number of carbonyl (C=O) groups is 1. The second-order valence-corrected chi connectivity index (χ2v) is 4.31. The van der Waals surface area contributed by atoms with Gasteiger partial charge in [-0.25, -0.2) is 0 Å². The van der Waals surface area contributed by atoms with E-state index in [0.29, 0.717) is 25.2 Å². The highest BCUT2D eigenvalue weighted by Gasteiger charge is 2.31. The molecule has 0 aliphatic carbocycles. The van der Waals surface area contributed by atoms with E-state index in [1.165, 1.54) is 23.1 Å². The van der Waals surface area contributed by atoms with Crippen LogP contribution < -0.4 is 16.4 Å². The minimum atomic E-state index is -0.519. The van der Waals surface area contributed by atoms with E-state index in [2.05, 4.69) is 0 Å². The largest absolute Gasteiger partial charge is 0.397 e. The lowest BCUT2D eigenvalue weighted by Gasteiger charge is -2.18. The predicted octanol–water partition coefficient (Wildman–Crippen LogP) is 0.489. The number of nitro groups is 1. The molecule has 1 aliphatic rings. The standard InChI is InChI=1S/C11H14N4O3/c12-5-7-3-11(16)14(6-7)10-2-1-8(15(17)18)4-9(10)13/h1-2,4,7H,3,5-6,12-13H2. The van der Waals surface area contributed by atoms with Crippen molar-refractivity contribution in [1.29, 1.82) is 0 Å². The molecule has 0 spiro atoms. The van der Waals surface area contributed by atoms with Crippen LogP contribution in [0, 0.1) is 16.0 Å². The molecular weight excluding hydrogens is 236 g/mol. The second kappa shape index (κ2) is 4.61. The second-order valence-electron chi connectivity index (χ2n) is 4.31. The third-order valence-corrected chi connectivity index (χ3v) is 3.05. The summed E-state index contributed by atoms with van der Waals surface area (Å²) in [6.07, 6.45) is 0.396. The predicted molar refractivity (Wildman–Crippen MR) is 67.0 cm³/mol. The lowest BCUT2D eigenvalue weighted by atomic mass is 10.1. The zero-order chi connectivity index (χ0) is 13.3. The number of nitrogen functional groups attached to an aromatic ring is 1. The van der Waals surface area contributed by atoms with Crippen LogP contribution in [0.5, 0.6) is 0 Å². The molecule has 4 N–H and O–H groups in total. The Labute approximate surface area is 104 Å². The molecule has 0 bridgehead atoms. The lowest BCUT2D eigenvalue weighted by molar-refractivity contribution is -0.384. The van der Waals surface area contributed by atoms with Gasteiger partial charge in [-0.2, -0.15) is 0 Å². The SMILES string of the molecule is NCC1CC(=O)N(c2ccc([N+](=O)[O-])cc2N)C1. The third kappa shape index (κ3) is 2.12. The number of hydrogen-bond acceptors (Lipinski definition) is 5. The van der Waals surface area contributed by atoms with Crippen molar-refractivity contribution in [2.24, 2.45) is 11.7 Å². The quantitative estimate of drug-likeness (QED) is 0.460. The average molecular weight is 250 g/mol. The van der Waals surface area contributed by atoms with Crippen molar-refractivity contribution in [3.63, 3.8) is 0 Å². The summed E-state index contributed by atoms with van der Waals surface area (Å²) >= 11 is 0. The number of carbonyl (C=O) groups excluding carboxylic acids is 1. The van der Waals surface area contributed by atoms with Crippen molar-refractivity contribution in [2.45, 2.75) is 6.42 Å². The van der Waals surface area contributed by atoms with E-state index < -0.39 is 4.92 Å². The minimum absolute atomic E-state index is 0.0500. The molecule has 1 aromatic rings. The van der Waals surface area contributed by atoms with Crippen molar-refractivity contribution in [3.8, 4) is 0 Å². The van der Waals surface area contributed by atoms with Gasteiger partial charge in [0.25, 0.3) is 5.69 Å². The molecule has 0 aromatic heterocycles. The van der Waals surface area contributed by atoms with Crippen LogP contribution in [-0.2, 0) is 4.79 Å². The van der Waals surface area contributed by atoms with Gasteiger partial charge in [0.2, 0.25) is 5.91 Å². The summed E-state index contributed by atoms with van der Waals surface area (Å²) in [4.78, 5) is 23.4. The van der Waals surface area contributed by atoms with Gasteiger partial charge in [0.15, 0.2) is 0 Å². The summed E-state index contributed by atoms with van der Waals surface area (Å²) in [6.45, 7) is 0.951. The van der Waals surface area contributed by atoms with Crippen molar-refractivity contribution >= 4 is 23.0 Å². The number of non-ortho nitro benzene ring substituents is 1. The van der Waals surface area contributed by atoms with E-state index in [0.717, 1.165) is 0 Å². The molecular formula is C11H14N4O3. The van der Waals surface area contributed by atoms with Crippen molar-refractivity contribution in [2.75, 3.05) is 23.7 Å². The molecule has 7 nitrogen and oxygen atoms in total. The average Bonchev–Trinajstić information content (AvgIpc) is 2.70. The van der Waals surface area contributed by atoms with E-state index in [-0.39, 0.29) is 23.2 Å². The maximum absolute atomic E-state index is 11.8. The van der Waals surface area contributed by atoms with Crippen LogP contribution >= 0.6 is 0 Å². The van der Waals surface area contributed by atoms with Gasteiger partial charge in [-0.15, -0.1) is 0 Å². The van der Waals surface area contributed by atoms with Gasteiger partial charge in [-0.1, -0.05) is 0 Å². The highest BCUT2D eigenvalue weighted by molar-refractivity contribution is 5.98. The van der Waals surface area contributed by atoms with Crippen molar-refractivity contribution < 1.29 is 9.72 Å². The van der Waals surface area contributed by atoms with Crippen LogP contribution in [0.2, 0.25) is 0 Å². The normalized spacial score (nSPS) is 19.3. The number of nitrogens with zero attached hydrogens (tertiary/aromatic N) is 2. The summed E-state index contributed by atoms with van der Waals surface area (Å²) in [5.41, 5.74) is 12.0. The van der Waals surface area contributed by atoms with Gasteiger partial charge >= 0.3 is 0 Å². The fraction of sp³-hybridized carbons (Fsp3) is 0.364. The van der Waals surface area contributed by atoms with Gasteiger partial charge in [0.1, 0.15) is 0 Å². The van der Waals surface area contributed by atoms with Gasteiger partial charge in [-0.3, -0.25) is 14.9 Å². The molecule has 1 unspecified atom stereocenters. The molecule has 1 saturated heterocycles. The molecule has 1 atom stereocenters. The summed E-state index contributed by atoms with van der Waals surface area (Å²) in [6, 6.07) is 4.11. The van der Waals surface area contributed by atoms with Crippen molar-refractivity contribution in [3.05, 3.63) is 28.3 Å². The number of benzene rings is 1. The summed E-state index contributed by atoms with van der Waals surface area (Å²) in [7, 11) is 0. The fourth-order valence-corrected chi connectivity index (χ4v) is 2.07. The number of rotatable bonds is 3. The molecule has 1 heterocycles. The maximum atomic E-state index is 11.8. The Balaban J connectivity index is 2.29. The summed E-state index contributed by atoms with van der Waals surface area (Å²) < 4.78 is 0. The van der Waals surface area contributed by atoms with Gasteiger partial charge in [0, 0.05) is 25.1 Å². The van der Waals surface area contributed by atoms with E-state index in [1.54, 1.807) is 0 Å². The first-order valence-corrected chi connectivity index (χ1v) is 5.57. The first-order valence-electron chi connectivity index (χ1n) is 5.57. The van der Waals surface area contributed by atoms with Crippen molar-refractivity contribution in [1.82, 2.24) is 0 Å². The molecule has 1 aliphatic heterocycles. The minimum Gasteiger partial charge on any atom is -0.397 e. The molecule has 18 heavy (non-hydrogen) atoms. The Kier molecular flexibility index (Phi) is 3.15. The smallest absolute Gasteiger partial charge is 0.271 e. The molecule has 96 valence electrons. The van der Waals surface area contributed by atoms with E-state index in [1.807, 2.05) is 0 Å². The van der Waals surface area contributed by atoms with Gasteiger partial charge in [-0.05, 0) is 18.5 Å². The molecule has 1 amide bonds. The Hall–Kier alpha value is -2.15. The van der Waals surface area contributed by atoms with Crippen LogP contribution in [-0.4, -0.2) is 23.9 Å². The molecule has 2 rings (SSSR count). The maximum Gasteiger partial charge on any atom is 0.271 e. The van der Waals surface area contributed by atoms with E-state index >= 15 is 0 Å². The lowest BCUT2D eigenvalue weighted by Crippen LogP contribution is -2.26. The monoisotopic (exact) mass is 250 g/mol. The highest BCUT2D eigenvalue weighted by Crippen LogP contribution is 2.31. The zero-order valence-corrected chi connectivity index (χ0v) is 9.70. The van der Waals surface area contributed by atoms with Gasteiger partial charge in [0.05, 0.1) is 16.3 Å². The Bertz CT molecular complexity index is 503. The van der Waals surface area contributed by atoms with E-state index in [4.69, 9.17) is 11.5 Å². The van der Waals surface area contributed by atoms with Crippen LogP contribution in [0.25, 0.3) is 0 Å². The van der Waals surface area contributed by atoms with Crippen LogP contribution in [0.3, 0.4) is 0 Å². The summed E-state index contributed by atoms with van der Waals surface area (Å²) in [5.74, 6) is 0.0677. The highest BCUT2D eigenvalue weighted by atomic mass is 16.6. The number of amides is 1. The summed E-state index contributed by atoms with van der Waals surface area (Å²) in [5, 5.41) is 10.6. The molecule has 7 heteroatoms.